The van der Waals surface area contributed by atoms with Gasteiger partial charge in [0.15, 0.2) is 0 Å². The van der Waals surface area contributed by atoms with Crippen LogP contribution in [0.4, 0.5) is 11.4 Å². The van der Waals surface area contributed by atoms with Gasteiger partial charge in [-0.05, 0) is 42.0 Å². The number of ether oxygens (including phenoxy) is 1. The first-order valence-electron chi connectivity index (χ1n) is 8.22. The number of nitrogens with zero attached hydrogens (tertiary/aromatic N) is 2. The molecular formula is C20H15Cl2N3O3. The zero-order chi connectivity index (χ0) is 19.9. The maximum absolute atomic E-state index is 10.7. The summed E-state index contributed by atoms with van der Waals surface area (Å²) in [5.74, 6) is 0.655. The van der Waals surface area contributed by atoms with Crippen LogP contribution < -0.4 is 10.2 Å². The van der Waals surface area contributed by atoms with Crippen LogP contribution in [0.3, 0.4) is 0 Å². The third-order valence-electron chi connectivity index (χ3n) is 3.77. The average Bonchev–Trinajstić information content (AvgIpc) is 2.70. The molecule has 8 heteroatoms. The number of hydrazone groups is 1. The number of non-ortho nitro benzene ring substituents is 1. The van der Waals surface area contributed by atoms with E-state index in [2.05, 4.69) is 10.5 Å². The van der Waals surface area contributed by atoms with Crippen LogP contribution in [-0.2, 0) is 6.61 Å². The maximum Gasteiger partial charge on any atom is 0.269 e. The quantitative estimate of drug-likeness (QED) is 0.294. The summed E-state index contributed by atoms with van der Waals surface area (Å²) in [6.45, 7) is 0.331. The molecule has 0 heterocycles. The largest absolute Gasteiger partial charge is 0.488 e. The van der Waals surface area contributed by atoms with Crippen molar-refractivity contribution in [2.45, 2.75) is 6.61 Å². The number of anilines is 1. The van der Waals surface area contributed by atoms with E-state index >= 15 is 0 Å². The molecule has 0 aliphatic rings. The SMILES string of the molecule is O=[N+]([O-])c1ccc(NN=Cc2ccccc2OCc2ccc(Cl)c(Cl)c2)cc1. The van der Waals surface area contributed by atoms with Crippen molar-refractivity contribution in [1.82, 2.24) is 0 Å². The van der Waals surface area contributed by atoms with E-state index in [4.69, 9.17) is 27.9 Å². The third kappa shape index (κ3) is 5.22. The molecule has 0 aliphatic carbocycles. The van der Waals surface area contributed by atoms with E-state index in [1.54, 1.807) is 30.5 Å². The summed E-state index contributed by atoms with van der Waals surface area (Å²) in [5, 5.41) is 15.8. The highest BCUT2D eigenvalue weighted by Gasteiger charge is 2.05. The summed E-state index contributed by atoms with van der Waals surface area (Å²) in [6.07, 6.45) is 1.62. The molecule has 0 unspecified atom stereocenters. The van der Waals surface area contributed by atoms with Gasteiger partial charge in [0.05, 0.1) is 26.9 Å². The molecule has 0 atom stereocenters. The lowest BCUT2D eigenvalue weighted by Crippen LogP contribution is -1.99. The van der Waals surface area contributed by atoms with Crippen molar-refractivity contribution in [3.63, 3.8) is 0 Å². The lowest BCUT2D eigenvalue weighted by Gasteiger charge is -2.09. The van der Waals surface area contributed by atoms with Gasteiger partial charge >= 0.3 is 0 Å². The Labute approximate surface area is 171 Å². The minimum atomic E-state index is -0.450. The van der Waals surface area contributed by atoms with Gasteiger partial charge in [-0.25, -0.2) is 0 Å². The summed E-state index contributed by atoms with van der Waals surface area (Å²) in [4.78, 5) is 10.2. The molecule has 1 N–H and O–H groups in total. The molecule has 142 valence electrons. The number of rotatable bonds is 7. The van der Waals surface area contributed by atoms with Crippen molar-refractivity contribution in [2.24, 2.45) is 5.10 Å². The van der Waals surface area contributed by atoms with Crippen LogP contribution in [0.2, 0.25) is 10.0 Å². The number of para-hydroxylation sites is 1. The molecule has 3 aromatic rings. The standard InChI is InChI=1S/C20H15Cl2N3O3/c21-18-10-5-14(11-19(18)22)13-28-20-4-2-1-3-15(20)12-23-24-16-6-8-17(9-7-16)25(26)27/h1-12,24H,13H2. The Hall–Kier alpha value is -3.09. The van der Waals surface area contributed by atoms with Gasteiger partial charge in [0.1, 0.15) is 12.4 Å². The lowest BCUT2D eigenvalue weighted by atomic mass is 10.2. The van der Waals surface area contributed by atoms with Crippen molar-refractivity contribution in [3.8, 4) is 5.75 Å². The summed E-state index contributed by atoms with van der Waals surface area (Å²) in [7, 11) is 0. The fraction of sp³-hybridized carbons (Fsp3) is 0.0500. The molecule has 28 heavy (non-hydrogen) atoms. The van der Waals surface area contributed by atoms with Gasteiger partial charge in [0.2, 0.25) is 0 Å². The number of nitro benzene ring substituents is 1. The Kier molecular flexibility index (Phi) is 6.47. The van der Waals surface area contributed by atoms with Crippen LogP contribution in [0.25, 0.3) is 0 Å². The summed E-state index contributed by atoms with van der Waals surface area (Å²) >= 11 is 12.0. The Morgan fingerprint density at radius 2 is 1.79 bits per heavy atom. The number of hydrogen-bond acceptors (Lipinski definition) is 5. The predicted molar refractivity (Wildman–Crippen MR) is 112 cm³/mol. The highest BCUT2D eigenvalue weighted by Crippen LogP contribution is 2.24. The fourth-order valence-corrected chi connectivity index (χ4v) is 2.66. The van der Waals surface area contributed by atoms with E-state index in [1.807, 2.05) is 30.3 Å². The van der Waals surface area contributed by atoms with Gasteiger partial charge in [-0.2, -0.15) is 5.10 Å². The normalized spacial score (nSPS) is 10.8. The van der Waals surface area contributed by atoms with E-state index in [-0.39, 0.29) is 5.69 Å². The highest BCUT2D eigenvalue weighted by molar-refractivity contribution is 6.42. The van der Waals surface area contributed by atoms with Crippen molar-refractivity contribution in [2.75, 3.05) is 5.43 Å². The molecule has 0 bridgehead atoms. The van der Waals surface area contributed by atoms with Crippen molar-refractivity contribution >= 4 is 40.8 Å². The summed E-state index contributed by atoms with van der Waals surface area (Å²) in [5.41, 5.74) is 5.16. The minimum Gasteiger partial charge on any atom is -0.488 e. The van der Waals surface area contributed by atoms with Crippen molar-refractivity contribution in [3.05, 3.63) is 98.0 Å². The number of halogens is 2. The second kappa shape index (κ2) is 9.21. The smallest absolute Gasteiger partial charge is 0.269 e. The van der Waals surface area contributed by atoms with Gasteiger partial charge in [-0.1, -0.05) is 41.4 Å². The van der Waals surface area contributed by atoms with E-state index in [0.29, 0.717) is 28.1 Å². The molecule has 0 spiro atoms. The molecule has 3 aromatic carbocycles. The Bertz CT molecular complexity index is 1010. The zero-order valence-electron chi connectivity index (χ0n) is 14.5. The topological polar surface area (TPSA) is 76.8 Å². The third-order valence-corrected chi connectivity index (χ3v) is 4.51. The van der Waals surface area contributed by atoms with Gasteiger partial charge in [0.25, 0.3) is 5.69 Å². The fourth-order valence-electron chi connectivity index (χ4n) is 2.34. The second-order valence-corrected chi connectivity index (χ2v) is 6.56. The first-order chi connectivity index (χ1) is 13.5. The van der Waals surface area contributed by atoms with Gasteiger partial charge in [0, 0.05) is 17.7 Å². The Balaban J connectivity index is 1.65. The van der Waals surface area contributed by atoms with E-state index in [0.717, 1.165) is 11.1 Å². The predicted octanol–water partition coefficient (Wildman–Crippen LogP) is 5.93. The molecular weight excluding hydrogens is 401 g/mol. The van der Waals surface area contributed by atoms with Gasteiger partial charge < -0.3 is 4.74 Å². The molecule has 6 nitrogen and oxygen atoms in total. The number of nitro groups is 1. The van der Waals surface area contributed by atoms with Crippen LogP contribution in [0.5, 0.6) is 5.75 Å². The van der Waals surface area contributed by atoms with Crippen LogP contribution in [0, 0.1) is 10.1 Å². The molecule has 0 fully saturated rings. The van der Waals surface area contributed by atoms with E-state index in [9.17, 15) is 10.1 Å². The number of benzene rings is 3. The summed E-state index contributed by atoms with van der Waals surface area (Å²) < 4.78 is 5.87. The minimum absolute atomic E-state index is 0.0237. The Morgan fingerprint density at radius 1 is 1.04 bits per heavy atom. The molecule has 0 radical (unpaired) electrons. The molecule has 3 rings (SSSR count). The van der Waals surface area contributed by atoms with Crippen LogP contribution in [0.1, 0.15) is 11.1 Å². The van der Waals surface area contributed by atoms with Crippen LogP contribution >= 0.6 is 23.2 Å². The van der Waals surface area contributed by atoms with Crippen molar-refractivity contribution < 1.29 is 9.66 Å². The Morgan fingerprint density at radius 3 is 2.50 bits per heavy atom. The maximum atomic E-state index is 10.7. The number of hydrogen-bond donors (Lipinski definition) is 1. The van der Waals surface area contributed by atoms with Crippen LogP contribution in [0.15, 0.2) is 71.8 Å². The zero-order valence-corrected chi connectivity index (χ0v) is 16.0. The van der Waals surface area contributed by atoms with E-state index < -0.39 is 4.92 Å². The van der Waals surface area contributed by atoms with Crippen molar-refractivity contribution in [1.29, 1.82) is 0 Å². The van der Waals surface area contributed by atoms with Crippen LogP contribution in [-0.4, -0.2) is 11.1 Å². The van der Waals surface area contributed by atoms with E-state index in [1.165, 1.54) is 12.1 Å². The average molecular weight is 416 g/mol. The molecule has 0 amide bonds. The van der Waals surface area contributed by atoms with Gasteiger partial charge in [-0.3, -0.25) is 15.5 Å². The monoisotopic (exact) mass is 415 g/mol. The first-order valence-corrected chi connectivity index (χ1v) is 8.98. The second-order valence-electron chi connectivity index (χ2n) is 5.75. The molecule has 0 saturated heterocycles. The van der Waals surface area contributed by atoms with Gasteiger partial charge in [-0.15, -0.1) is 0 Å². The number of nitrogens with one attached hydrogen (secondary N) is 1. The molecule has 0 saturated carbocycles. The first kappa shape index (κ1) is 19.7. The molecule has 0 aromatic heterocycles. The molecule has 0 aliphatic heterocycles. The summed E-state index contributed by atoms with van der Waals surface area (Å²) in [6, 6.07) is 18.8. The highest BCUT2D eigenvalue weighted by atomic mass is 35.5. The lowest BCUT2D eigenvalue weighted by molar-refractivity contribution is -0.384.